The number of aliphatic hydroxyl groups excluding tert-OH is 1. The normalized spacial score (nSPS) is 12.3. The van der Waals surface area contributed by atoms with Crippen LogP contribution in [0.3, 0.4) is 0 Å². The van der Waals surface area contributed by atoms with Crippen LogP contribution in [0, 0.1) is 0 Å². The molecule has 5 heteroatoms. The van der Waals surface area contributed by atoms with Gasteiger partial charge in [0.25, 0.3) is 0 Å². The number of rotatable bonds is 7. The Morgan fingerprint density at radius 3 is 2.31 bits per heavy atom. The lowest BCUT2D eigenvalue weighted by molar-refractivity contribution is 0.294. The third kappa shape index (κ3) is 4.59. The Morgan fingerprint density at radius 2 is 1.92 bits per heavy atom. The molecule has 0 aliphatic rings. The molecule has 0 unspecified atom stereocenters. The average Bonchev–Trinajstić information content (AvgIpc) is 2.10. The minimum atomic E-state index is -3.12. The van der Waals surface area contributed by atoms with Crippen LogP contribution in [-0.2, 0) is 10.0 Å². The van der Waals surface area contributed by atoms with Crippen molar-refractivity contribution in [3.8, 4) is 0 Å². The molecule has 0 aliphatic heterocycles. The predicted molar refractivity (Wildman–Crippen MR) is 53.0 cm³/mol. The summed E-state index contributed by atoms with van der Waals surface area (Å²) in [6.45, 7) is 4.80. The molecular formula is C8H19NO3S. The summed E-state index contributed by atoms with van der Waals surface area (Å²) in [5, 5.41) is 8.53. The van der Waals surface area contributed by atoms with Gasteiger partial charge in [-0.15, -0.1) is 0 Å². The number of aliphatic hydroxyl groups is 1. The third-order valence-electron chi connectivity index (χ3n) is 1.78. The second kappa shape index (κ2) is 6.34. The molecule has 0 amide bonds. The molecule has 0 heterocycles. The zero-order valence-corrected chi connectivity index (χ0v) is 9.18. The summed E-state index contributed by atoms with van der Waals surface area (Å²) in [5.41, 5.74) is 0. The minimum Gasteiger partial charge on any atom is -0.396 e. The molecule has 0 aromatic heterocycles. The molecule has 1 N–H and O–H groups in total. The Labute approximate surface area is 80.6 Å². The maximum Gasteiger partial charge on any atom is 0.214 e. The van der Waals surface area contributed by atoms with Crippen molar-refractivity contribution in [3.63, 3.8) is 0 Å². The lowest BCUT2D eigenvalue weighted by Crippen LogP contribution is -2.33. The van der Waals surface area contributed by atoms with Crippen LogP contribution in [0.4, 0.5) is 0 Å². The molecule has 0 rings (SSSR count). The molecule has 0 saturated heterocycles. The van der Waals surface area contributed by atoms with Gasteiger partial charge in [0.15, 0.2) is 0 Å². The van der Waals surface area contributed by atoms with E-state index in [1.807, 2.05) is 13.8 Å². The molecule has 0 fully saturated rings. The van der Waals surface area contributed by atoms with Crippen molar-refractivity contribution in [2.75, 3.05) is 25.4 Å². The number of hydrogen-bond donors (Lipinski definition) is 1. The average molecular weight is 209 g/mol. The van der Waals surface area contributed by atoms with E-state index in [2.05, 4.69) is 0 Å². The van der Waals surface area contributed by atoms with E-state index < -0.39 is 10.0 Å². The second-order valence-electron chi connectivity index (χ2n) is 2.88. The summed E-state index contributed by atoms with van der Waals surface area (Å²) in [6.07, 6.45) is 1.15. The highest BCUT2D eigenvalue weighted by Gasteiger charge is 2.18. The summed E-state index contributed by atoms with van der Waals surface area (Å²) in [7, 11) is -3.12. The van der Waals surface area contributed by atoms with Crippen molar-refractivity contribution >= 4 is 10.0 Å². The van der Waals surface area contributed by atoms with Crippen molar-refractivity contribution in [2.24, 2.45) is 0 Å². The van der Waals surface area contributed by atoms with Crippen LogP contribution in [0.15, 0.2) is 0 Å². The van der Waals surface area contributed by atoms with Crippen molar-refractivity contribution in [2.45, 2.75) is 26.7 Å². The standard InChI is InChI=1S/C8H19NO3S/c1-3-6-9(4-2)13(11,12)8-5-7-10/h10H,3-8H2,1-2H3. The maximum absolute atomic E-state index is 11.5. The highest BCUT2D eigenvalue weighted by molar-refractivity contribution is 7.89. The van der Waals surface area contributed by atoms with E-state index >= 15 is 0 Å². The Morgan fingerprint density at radius 1 is 1.31 bits per heavy atom. The van der Waals surface area contributed by atoms with Crippen LogP contribution in [0.1, 0.15) is 26.7 Å². The highest BCUT2D eigenvalue weighted by atomic mass is 32.2. The summed E-state index contributed by atoms with van der Waals surface area (Å²) < 4.78 is 24.5. The van der Waals surface area contributed by atoms with Gasteiger partial charge in [0, 0.05) is 19.7 Å². The van der Waals surface area contributed by atoms with Crippen molar-refractivity contribution in [3.05, 3.63) is 0 Å². The largest absolute Gasteiger partial charge is 0.396 e. The van der Waals surface area contributed by atoms with Crippen LogP contribution in [0.25, 0.3) is 0 Å². The van der Waals surface area contributed by atoms with E-state index in [4.69, 9.17) is 5.11 Å². The van der Waals surface area contributed by atoms with E-state index in [0.717, 1.165) is 6.42 Å². The van der Waals surface area contributed by atoms with E-state index in [9.17, 15) is 8.42 Å². The van der Waals surface area contributed by atoms with Gasteiger partial charge in [0.05, 0.1) is 5.75 Å². The first-order chi connectivity index (χ1) is 6.08. The van der Waals surface area contributed by atoms with Crippen molar-refractivity contribution < 1.29 is 13.5 Å². The van der Waals surface area contributed by atoms with Gasteiger partial charge in [-0.3, -0.25) is 0 Å². The quantitative estimate of drug-likeness (QED) is 0.661. The van der Waals surface area contributed by atoms with Crippen LogP contribution in [0.2, 0.25) is 0 Å². The lowest BCUT2D eigenvalue weighted by atomic mass is 10.5. The van der Waals surface area contributed by atoms with E-state index in [1.165, 1.54) is 4.31 Å². The number of sulfonamides is 1. The molecule has 0 aromatic carbocycles. The van der Waals surface area contributed by atoms with Crippen LogP contribution >= 0.6 is 0 Å². The van der Waals surface area contributed by atoms with Gasteiger partial charge in [-0.05, 0) is 12.8 Å². The fraction of sp³-hybridized carbons (Fsp3) is 1.00. The first kappa shape index (κ1) is 12.9. The van der Waals surface area contributed by atoms with E-state index in [-0.39, 0.29) is 12.4 Å². The molecular weight excluding hydrogens is 190 g/mol. The summed E-state index contributed by atoms with van der Waals surface area (Å²) in [4.78, 5) is 0. The van der Waals surface area contributed by atoms with Crippen LogP contribution in [-0.4, -0.2) is 43.3 Å². The monoisotopic (exact) mass is 209 g/mol. The minimum absolute atomic E-state index is 0.0529. The van der Waals surface area contributed by atoms with Gasteiger partial charge in [-0.2, -0.15) is 0 Å². The smallest absolute Gasteiger partial charge is 0.214 e. The number of hydrogen-bond acceptors (Lipinski definition) is 3. The van der Waals surface area contributed by atoms with Crippen molar-refractivity contribution in [1.29, 1.82) is 0 Å². The first-order valence-electron chi connectivity index (χ1n) is 4.67. The first-order valence-corrected chi connectivity index (χ1v) is 6.28. The third-order valence-corrected chi connectivity index (χ3v) is 3.81. The zero-order chi connectivity index (χ0) is 10.3. The lowest BCUT2D eigenvalue weighted by Gasteiger charge is -2.19. The summed E-state index contributed by atoms with van der Waals surface area (Å²) in [6, 6.07) is 0. The highest BCUT2D eigenvalue weighted by Crippen LogP contribution is 2.03. The van der Waals surface area contributed by atoms with Gasteiger partial charge in [-0.25, -0.2) is 12.7 Å². The number of nitrogens with zero attached hydrogens (tertiary/aromatic N) is 1. The van der Waals surface area contributed by atoms with Gasteiger partial charge in [0.1, 0.15) is 0 Å². The molecule has 13 heavy (non-hydrogen) atoms. The predicted octanol–water partition coefficient (Wildman–Crippen LogP) is 0.431. The topological polar surface area (TPSA) is 57.6 Å². The Balaban J connectivity index is 4.21. The molecule has 0 aliphatic carbocycles. The zero-order valence-electron chi connectivity index (χ0n) is 8.36. The maximum atomic E-state index is 11.5. The fourth-order valence-electron chi connectivity index (χ4n) is 1.12. The molecule has 4 nitrogen and oxygen atoms in total. The Bertz CT molecular complexity index is 213. The van der Waals surface area contributed by atoms with Crippen LogP contribution < -0.4 is 0 Å². The van der Waals surface area contributed by atoms with E-state index in [0.29, 0.717) is 19.5 Å². The molecule has 0 atom stereocenters. The molecule has 80 valence electrons. The molecule has 0 radical (unpaired) electrons. The van der Waals surface area contributed by atoms with Crippen molar-refractivity contribution in [1.82, 2.24) is 4.31 Å². The summed E-state index contributed by atoms with van der Waals surface area (Å²) in [5.74, 6) is 0.0529. The Kier molecular flexibility index (Phi) is 6.28. The molecule has 0 aromatic rings. The Hall–Kier alpha value is -0.130. The van der Waals surface area contributed by atoms with Gasteiger partial charge >= 0.3 is 0 Å². The van der Waals surface area contributed by atoms with Gasteiger partial charge < -0.3 is 5.11 Å². The molecule has 0 saturated carbocycles. The molecule has 0 spiro atoms. The van der Waals surface area contributed by atoms with Crippen LogP contribution in [0.5, 0.6) is 0 Å². The van der Waals surface area contributed by atoms with Gasteiger partial charge in [-0.1, -0.05) is 13.8 Å². The summed E-state index contributed by atoms with van der Waals surface area (Å²) >= 11 is 0. The van der Waals surface area contributed by atoms with E-state index in [1.54, 1.807) is 0 Å². The SMILES string of the molecule is CCCN(CC)S(=O)(=O)CCCO. The molecule has 0 bridgehead atoms. The van der Waals surface area contributed by atoms with Gasteiger partial charge in [0.2, 0.25) is 10.0 Å². The second-order valence-corrected chi connectivity index (χ2v) is 4.97. The fourth-order valence-corrected chi connectivity index (χ4v) is 2.73.